The molecule has 112 valence electrons. The minimum atomic E-state index is -0.690. The number of anilines is 1. The maximum Gasteiger partial charge on any atom is 0.313 e. The predicted octanol–water partition coefficient (Wildman–Crippen LogP) is 1.52. The molecular weight excluding hydrogens is 272 g/mol. The molecule has 0 bridgehead atoms. The molecule has 1 aliphatic rings. The third kappa shape index (κ3) is 2.61. The van der Waals surface area contributed by atoms with Crippen molar-refractivity contribution < 1.29 is 19.1 Å². The van der Waals surface area contributed by atoms with Crippen LogP contribution >= 0.6 is 0 Å². The molecule has 0 fully saturated rings. The number of nitrogens with zero attached hydrogens (tertiary/aromatic N) is 1. The van der Waals surface area contributed by atoms with Crippen LogP contribution in [0.1, 0.15) is 34.6 Å². The van der Waals surface area contributed by atoms with E-state index in [-0.39, 0.29) is 17.8 Å². The monoisotopic (exact) mass is 290 g/mol. The fourth-order valence-electron chi connectivity index (χ4n) is 2.14. The van der Waals surface area contributed by atoms with Gasteiger partial charge in [0.25, 0.3) is 11.8 Å². The molecule has 1 aromatic rings. The van der Waals surface area contributed by atoms with E-state index in [1.807, 2.05) is 0 Å². The molecule has 0 atom stereocenters. The molecule has 1 N–H and O–H groups in total. The number of methoxy groups -OCH3 is 1. The van der Waals surface area contributed by atoms with Gasteiger partial charge in [-0.15, -0.1) is 0 Å². The molecule has 1 aromatic carbocycles. The van der Waals surface area contributed by atoms with Gasteiger partial charge in [0.15, 0.2) is 0 Å². The quantitative estimate of drug-likeness (QED) is 0.672. The molecule has 21 heavy (non-hydrogen) atoms. The van der Waals surface area contributed by atoms with E-state index >= 15 is 0 Å². The number of hydrogen-bond acceptors (Lipinski definition) is 5. The Morgan fingerprint density at radius 1 is 1.24 bits per heavy atom. The highest BCUT2D eigenvalue weighted by Crippen LogP contribution is 2.26. The van der Waals surface area contributed by atoms with Crippen LogP contribution in [-0.4, -0.2) is 43.4 Å². The Labute approximate surface area is 123 Å². The molecule has 6 heteroatoms. The van der Waals surface area contributed by atoms with Crippen LogP contribution in [0.4, 0.5) is 5.69 Å². The minimum Gasteiger partial charge on any atom is -0.469 e. The van der Waals surface area contributed by atoms with E-state index in [1.165, 1.54) is 14.2 Å². The lowest BCUT2D eigenvalue weighted by Gasteiger charge is -2.22. The highest BCUT2D eigenvalue weighted by molar-refractivity contribution is 6.21. The van der Waals surface area contributed by atoms with Crippen LogP contribution in [0.5, 0.6) is 0 Å². The van der Waals surface area contributed by atoms with E-state index < -0.39 is 5.41 Å². The summed E-state index contributed by atoms with van der Waals surface area (Å²) in [5.74, 6) is -0.926. The van der Waals surface area contributed by atoms with Crippen LogP contribution in [0.15, 0.2) is 18.2 Å². The van der Waals surface area contributed by atoms with Crippen molar-refractivity contribution in [2.45, 2.75) is 13.8 Å². The molecule has 0 saturated heterocycles. The van der Waals surface area contributed by atoms with Gasteiger partial charge < -0.3 is 10.1 Å². The summed E-state index contributed by atoms with van der Waals surface area (Å²) in [6, 6.07) is 4.97. The van der Waals surface area contributed by atoms with Gasteiger partial charge in [-0.25, -0.2) is 0 Å². The summed E-state index contributed by atoms with van der Waals surface area (Å²) in [4.78, 5) is 36.4. The van der Waals surface area contributed by atoms with Crippen LogP contribution in [0.25, 0.3) is 0 Å². The van der Waals surface area contributed by atoms with Gasteiger partial charge in [-0.05, 0) is 32.0 Å². The van der Waals surface area contributed by atoms with Crippen molar-refractivity contribution in [2.75, 3.05) is 26.0 Å². The second kappa shape index (κ2) is 5.20. The summed E-state index contributed by atoms with van der Waals surface area (Å²) in [5, 5.41) is 3.10. The lowest BCUT2D eigenvalue weighted by atomic mass is 9.93. The first kappa shape index (κ1) is 15.0. The molecule has 2 rings (SSSR count). The zero-order valence-electron chi connectivity index (χ0n) is 12.5. The Bertz CT molecular complexity index is 622. The lowest BCUT2D eigenvalue weighted by Crippen LogP contribution is -2.33. The number of hydrogen-bond donors (Lipinski definition) is 1. The average molecular weight is 290 g/mol. The van der Waals surface area contributed by atoms with E-state index in [2.05, 4.69) is 5.32 Å². The standard InChI is InChI=1S/C15H18N2O4/c1-15(2,14(20)21-4)8-16-9-5-6-10-11(7-9)13(19)17(3)12(10)18/h5-7,16H,8H2,1-4H3. The normalized spacial score (nSPS) is 14.2. The first-order chi connectivity index (χ1) is 9.77. The minimum absolute atomic E-state index is 0.295. The van der Waals surface area contributed by atoms with Gasteiger partial charge in [-0.1, -0.05) is 0 Å². The Hall–Kier alpha value is -2.37. The topological polar surface area (TPSA) is 75.7 Å². The van der Waals surface area contributed by atoms with E-state index in [9.17, 15) is 14.4 Å². The van der Waals surface area contributed by atoms with Crippen LogP contribution in [-0.2, 0) is 9.53 Å². The number of carbonyl (C=O) groups is 3. The van der Waals surface area contributed by atoms with Gasteiger partial charge in [0.2, 0.25) is 0 Å². The summed E-state index contributed by atoms with van der Waals surface area (Å²) in [7, 11) is 2.80. The summed E-state index contributed by atoms with van der Waals surface area (Å²) >= 11 is 0. The molecule has 0 saturated carbocycles. The van der Waals surface area contributed by atoms with Crippen LogP contribution in [0, 0.1) is 5.41 Å². The summed E-state index contributed by atoms with van der Waals surface area (Å²) < 4.78 is 4.74. The van der Waals surface area contributed by atoms with E-state index in [1.54, 1.807) is 32.0 Å². The van der Waals surface area contributed by atoms with E-state index in [0.29, 0.717) is 23.4 Å². The maximum absolute atomic E-state index is 11.9. The third-order valence-corrected chi connectivity index (χ3v) is 3.56. The second-order valence-corrected chi connectivity index (χ2v) is 5.66. The molecule has 0 unspecified atom stereocenters. The number of ether oxygens (including phenoxy) is 1. The maximum atomic E-state index is 11.9. The second-order valence-electron chi connectivity index (χ2n) is 5.66. The summed E-state index contributed by atoms with van der Waals surface area (Å²) in [6.07, 6.45) is 0. The SMILES string of the molecule is COC(=O)C(C)(C)CNc1ccc2c(c1)C(=O)N(C)C2=O. The van der Waals surface area contributed by atoms with Crippen molar-refractivity contribution in [3.05, 3.63) is 29.3 Å². The molecule has 6 nitrogen and oxygen atoms in total. The summed E-state index contributed by atoms with van der Waals surface area (Å²) in [5.41, 5.74) is 0.774. The fraction of sp³-hybridized carbons (Fsp3) is 0.400. The van der Waals surface area contributed by atoms with Crippen molar-refractivity contribution in [1.29, 1.82) is 0 Å². The molecular formula is C15H18N2O4. The lowest BCUT2D eigenvalue weighted by molar-refractivity contribution is -0.149. The molecule has 0 aliphatic carbocycles. The van der Waals surface area contributed by atoms with Crippen molar-refractivity contribution >= 4 is 23.5 Å². The highest BCUT2D eigenvalue weighted by atomic mass is 16.5. The van der Waals surface area contributed by atoms with Crippen LogP contribution in [0.3, 0.4) is 0 Å². The van der Waals surface area contributed by atoms with Gasteiger partial charge in [-0.2, -0.15) is 0 Å². The van der Waals surface area contributed by atoms with Crippen molar-refractivity contribution in [3.63, 3.8) is 0 Å². The van der Waals surface area contributed by atoms with E-state index in [0.717, 1.165) is 4.90 Å². The van der Waals surface area contributed by atoms with E-state index in [4.69, 9.17) is 4.74 Å². The van der Waals surface area contributed by atoms with Gasteiger partial charge >= 0.3 is 5.97 Å². The van der Waals surface area contributed by atoms with Gasteiger partial charge in [0.05, 0.1) is 23.7 Å². The first-order valence-corrected chi connectivity index (χ1v) is 6.56. The largest absolute Gasteiger partial charge is 0.469 e. The first-order valence-electron chi connectivity index (χ1n) is 6.56. The number of esters is 1. The molecule has 2 amide bonds. The highest BCUT2D eigenvalue weighted by Gasteiger charge is 2.33. The zero-order valence-corrected chi connectivity index (χ0v) is 12.5. The van der Waals surface area contributed by atoms with Crippen LogP contribution in [0.2, 0.25) is 0 Å². The molecule has 0 radical (unpaired) electrons. The Balaban J connectivity index is 2.16. The number of imide groups is 1. The number of amides is 2. The molecule has 1 aliphatic heterocycles. The van der Waals surface area contributed by atoms with Gasteiger partial charge in [-0.3, -0.25) is 19.3 Å². The smallest absolute Gasteiger partial charge is 0.313 e. The molecule has 1 heterocycles. The van der Waals surface area contributed by atoms with Gasteiger partial charge in [0.1, 0.15) is 0 Å². The van der Waals surface area contributed by atoms with Crippen LogP contribution < -0.4 is 5.32 Å². The predicted molar refractivity (Wildman–Crippen MR) is 77.2 cm³/mol. The Kier molecular flexibility index (Phi) is 3.72. The molecule has 0 spiro atoms. The van der Waals surface area contributed by atoms with Crippen molar-refractivity contribution in [2.24, 2.45) is 5.41 Å². The Morgan fingerprint density at radius 3 is 2.48 bits per heavy atom. The number of fused-ring (bicyclic) bond motifs is 1. The fourth-order valence-corrected chi connectivity index (χ4v) is 2.14. The number of rotatable bonds is 4. The molecule has 0 aromatic heterocycles. The number of benzene rings is 1. The summed E-state index contributed by atoms with van der Waals surface area (Å²) in [6.45, 7) is 3.89. The number of carbonyl (C=O) groups excluding carboxylic acids is 3. The van der Waals surface area contributed by atoms with Gasteiger partial charge in [0, 0.05) is 19.3 Å². The number of nitrogens with one attached hydrogen (secondary N) is 1. The Morgan fingerprint density at radius 2 is 1.86 bits per heavy atom. The third-order valence-electron chi connectivity index (χ3n) is 3.56. The zero-order chi connectivity index (χ0) is 15.8. The average Bonchev–Trinajstić information content (AvgIpc) is 2.69. The van der Waals surface area contributed by atoms with Crippen molar-refractivity contribution in [3.8, 4) is 0 Å². The van der Waals surface area contributed by atoms with Crippen molar-refractivity contribution in [1.82, 2.24) is 4.90 Å².